The van der Waals surface area contributed by atoms with Gasteiger partial charge in [0.25, 0.3) is 10.0 Å². The summed E-state index contributed by atoms with van der Waals surface area (Å²) in [4.78, 5) is 0.170. The Labute approximate surface area is 143 Å². The van der Waals surface area contributed by atoms with E-state index >= 15 is 0 Å². The van der Waals surface area contributed by atoms with Crippen LogP contribution in [0, 0.1) is 0 Å². The predicted octanol–water partition coefficient (Wildman–Crippen LogP) is 2.70. The lowest BCUT2D eigenvalue weighted by Gasteiger charge is -2.19. The van der Waals surface area contributed by atoms with Crippen molar-refractivity contribution in [2.24, 2.45) is 0 Å². The molecule has 5 nitrogen and oxygen atoms in total. The molecule has 1 heterocycles. The number of nitrogens with one attached hydrogen (secondary N) is 2. The lowest BCUT2D eigenvalue weighted by molar-refractivity contribution is 0.402. The van der Waals surface area contributed by atoms with E-state index in [-0.39, 0.29) is 4.90 Å². The molecule has 0 spiro atoms. The second kappa shape index (κ2) is 6.83. The Hall–Kier alpha value is -2.05. The van der Waals surface area contributed by atoms with Crippen molar-refractivity contribution in [1.82, 2.24) is 5.32 Å². The Morgan fingerprint density at radius 1 is 1.17 bits per heavy atom. The fourth-order valence-electron chi connectivity index (χ4n) is 2.90. The fraction of sp³-hybridized carbons (Fsp3) is 0.333. The van der Waals surface area contributed by atoms with E-state index in [2.05, 4.69) is 10.0 Å². The number of hydrogen-bond donors (Lipinski definition) is 2. The van der Waals surface area contributed by atoms with Gasteiger partial charge in [-0.15, -0.1) is 0 Å². The summed E-state index contributed by atoms with van der Waals surface area (Å²) in [5.41, 5.74) is 3.94. The zero-order valence-corrected chi connectivity index (χ0v) is 14.7. The van der Waals surface area contributed by atoms with E-state index in [1.807, 2.05) is 25.1 Å². The lowest BCUT2D eigenvalue weighted by Crippen LogP contribution is -2.23. The smallest absolute Gasteiger partial charge is 0.265 e. The fourth-order valence-corrected chi connectivity index (χ4v) is 4.17. The van der Waals surface area contributed by atoms with E-state index in [1.165, 1.54) is 18.2 Å². The van der Waals surface area contributed by atoms with Gasteiger partial charge in [-0.3, -0.25) is 4.72 Å². The molecular weight excluding hydrogens is 324 g/mol. The van der Waals surface area contributed by atoms with E-state index in [0.29, 0.717) is 11.4 Å². The first-order chi connectivity index (χ1) is 11.5. The number of rotatable bonds is 5. The number of benzene rings is 2. The van der Waals surface area contributed by atoms with E-state index < -0.39 is 10.0 Å². The molecule has 0 atom stereocenters. The largest absolute Gasteiger partial charge is 0.495 e. The minimum Gasteiger partial charge on any atom is -0.495 e. The molecular formula is C18H22N2O3S. The van der Waals surface area contributed by atoms with Crippen LogP contribution in [0.25, 0.3) is 0 Å². The quantitative estimate of drug-likeness (QED) is 0.873. The number of aryl methyl sites for hydroxylation is 1. The molecule has 6 heteroatoms. The minimum absolute atomic E-state index is 0.170. The predicted molar refractivity (Wildman–Crippen MR) is 95.0 cm³/mol. The van der Waals surface area contributed by atoms with Crippen molar-refractivity contribution < 1.29 is 13.2 Å². The normalized spacial score (nSPS) is 14.1. The maximum absolute atomic E-state index is 12.8. The standard InChI is InChI=1S/C18H22N2O3S/c1-3-13-4-7-17(23-2)18(10-13)24(21,22)20-16-6-5-15-12-19-9-8-14(15)11-16/h4-7,10-11,19-20H,3,8-9,12H2,1-2H3. The first kappa shape index (κ1) is 16.8. The first-order valence-electron chi connectivity index (χ1n) is 8.05. The molecule has 128 valence electrons. The van der Waals surface area contributed by atoms with Gasteiger partial charge >= 0.3 is 0 Å². The summed E-state index contributed by atoms with van der Waals surface area (Å²) in [7, 11) is -2.23. The zero-order valence-electron chi connectivity index (χ0n) is 13.9. The summed E-state index contributed by atoms with van der Waals surface area (Å²) in [6.45, 7) is 3.73. The molecule has 0 amide bonds. The number of ether oxygens (including phenoxy) is 1. The maximum Gasteiger partial charge on any atom is 0.265 e. The third-order valence-corrected chi connectivity index (χ3v) is 5.67. The van der Waals surface area contributed by atoms with Crippen molar-refractivity contribution in [1.29, 1.82) is 0 Å². The molecule has 0 aliphatic carbocycles. The molecule has 0 saturated heterocycles. The highest BCUT2D eigenvalue weighted by Crippen LogP contribution is 2.28. The Balaban J connectivity index is 1.94. The molecule has 1 aliphatic rings. The van der Waals surface area contributed by atoms with Crippen molar-refractivity contribution >= 4 is 15.7 Å². The SMILES string of the molecule is CCc1ccc(OC)c(S(=O)(=O)Nc2ccc3c(c2)CCNC3)c1. The highest BCUT2D eigenvalue weighted by Gasteiger charge is 2.21. The highest BCUT2D eigenvalue weighted by molar-refractivity contribution is 7.92. The molecule has 0 radical (unpaired) electrons. The first-order valence-corrected chi connectivity index (χ1v) is 9.54. The van der Waals surface area contributed by atoms with Gasteiger partial charge in [-0.2, -0.15) is 0 Å². The number of fused-ring (bicyclic) bond motifs is 1. The monoisotopic (exact) mass is 346 g/mol. The van der Waals surface area contributed by atoms with Gasteiger partial charge in [0, 0.05) is 12.2 Å². The van der Waals surface area contributed by atoms with Crippen LogP contribution in [0.1, 0.15) is 23.6 Å². The molecule has 0 saturated carbocycles. The number of sulfonamides is 1. The highest BCUT2D eigenvalue weighted by atomic mass is 32.2. The van der Waals surface area contributed by atoms with Gasteiger partial charge in [0.1, 0.15) is 10.6 Å². The van der Waals surface area contributed by atoms with E-state index in [0.717, 1.165) is 31.5 Å². The van der Waals surface area contributed by atoms with Gasteiger partial charge in [0.2, 0.25) is 0 Å². The van der Waals surface area contributed by atoms with E-state index in [9.17, 15) is 8.42 Å². The third kappa shape index (κ3) is 3.39. The molecule has 3 rings (SSSR count). The van der Waals surface area contributed by atoms with Crippen LogP contribution in [0.4, 0.5) is 5.69 Å². The molecule has 0 aromatic heterocycles. The molecule has 0 unspecified atom stereocenters. The van der Waals surface area contributed by atoms with Crippen LogP contribution in [-0.2, 0) is 29.4 Å². The second-order valence-electron chi connectivity index (χ2n) is 5.85. The molecule has 2 aromatic rings. The van der Waals surface area contributed by atoms with Crippen molar-refractivity contribution in [3.05, 3.63) is 53.1 Å². The maximum atomic E-state index is 12.8. The summed E-state index contributed by atoms with van der Waals surface area (Å²) < 4.78 is 33.5. The molecule has 2 aromatic carbocycles. The van der Waals surface area contributed by atoms with Crippen LogP contribution in [0.5, 0.6) is 5.75 Å². The Morgan fingerprint density at radius 2 is 2.00 bits per heavy atom. The van der Waals surface area contributed by atoms with Gasteiger partial charge in [0.15, 0.2) is 0 Å². The van der Waals surface area contributed by atoms with E-state index in [4.69, 9.17) is 4.74 Å². The van der Waals surface area contributed by atoms with Crippen LogP contribution in [0.2, 0.25) is 0 Å². The molecule has 1 aliphatic heterocycles. The van der Waals surface area contributed by atoms with Crippen LogP contribution in [-0.4, -0.2) is 22.1 Å². The molecule has 2 N–H and O–H groups in total. The number of hydrogen-bond acceptors (Lipinski definition) is 4. The van der Waals surface area contributed by atoms with Crippen molar-refractivity contribution in [2.45, 2.75) is 31.2 Å². The topological polar surface area (TPSA) is 67.4 Å². The van der Waals surface area contributed by atoms with Crippen LogP contribution >= 0.6 is 0 Å². The summed E-state index contributed by atoms with van der Waals surface area (Å²) in [5.74, 6) is 0.349. The van der Waals surface area contributed by atoms with E-state index in [1.54, 1.807) is 18.2 Å². The Bertz CT molecular complexity index is 847. The van der Waals surface area contributed by atoms with Crippen LogP contribution in [0.15, 0.2) is 41.3 Å². The summed E-state index contributed by atoms with van der Waals surface area (Å²) in [5, 5.41) is 3.31. The van der Waals surface area contributed by atoms with Crippen molar-refractivity contribution in [3.8, 4) is 5.75 Å². The van der Waals surface area contributed by atoms with Crippen molar-refractivity contribution in [3.63, 3.8) is 0 Å². The third-order valence-electron chi connectivity index (χ3n) is 4.27. The molecule has 0 bridgehead atoms. The number of methoxy groups -OCH3 is 1. The average Bonchev–Trinajstić information content (AvgIpc) is 2.60. The zero-order chi connectivity index (χ0) is 17.2. The molecule has 24 heavy (non-hydrogen) atoms. The van der Waals surface area contributed by atoms with Crippen LogP contribution < -0.4 is 14.8 Å². The molecule has 0 fully saturated rings. The summed E-state index contributed by atoms with van der Waals surface area (Å²) in [6, 6.07) is 10.9. The Kier molecular flexibility index (Phi) is 4.78. The van der Waals surface area contributed by atoms with Gasteiger partial charge in [-0.1, -0.05) is 19.1 Å². The van der Waals surface area contributed by atoms with Gasteiger partial charge < -0.3 is 10.1 Å². The minimum atomic E-state index is -3.71. The summed E-state index contributed by atoms with van der Waals surface area (Å²) in [6.07, 6.45) is 1.66. The van der Waals surface area contributed by atoms with Gasteiger partial charge in [0.05, 0.1) is 7.11 Å². The Morgan fingerprint density at radius 3 is 2.75 bits per heavy atom. The van der Waals surface area contributed by atoms with Crippen LogP contribution in [0.3, 0.4) is 0 Å². The number of anilines is 1. The second-order valence-corrected chi connectivity index (χ2v) is 7.51. The lowest BCUT2D eigenvalue weighted by atomic mass is 10.0. The van der Waals surface area contributed by atoms with Gasteiger partial charge in [-0.05, 0) is 60.3 Å². The average molecular weight is 346 g/mol. The summed E-state index contributed by atoms with van der Waals surface area (Å²) >= 11 is 0. The van der Waals surface area contributed by atoms with Gasteiger partial charge in [-0.25, -0.2) is 8.42 Å². The van der Waals surface area contributed by atoms with Crippen molar-refractivity contribution in [2.75, 3.05) is 18.4 Å².